The highest BCUT2D eigenvalue weighted by Gasteiger charge is 2.21. The van der Waals surface area contributed by atoms with Crippen LogP contribution in [-0.4, -0.2) is 47.6 Å². The molecule has 2 N–H and O–H groups in total. The molecule has 0 amide bonds. The van der Waals surface area contributed by atoms with Gasteiger partial charge in [-0.15, -0.1) is 0 Å². The first-order chi connectivity index (χ1) is 7.16. The number of nitrogen functional groups attached to an aromatic ring is 1. The topological polar surface area (TPSA) is 58.3 Å². The molecule has 1 fully saturated rings. The average molecular weight is 207 g/mol. The van der Waals surface area contributed by atoms with Crippen molar-refractivity contribution in [3.05, 3.63) is 12.4 Å². The molecule has 0 saturated carbocycles. The maximum Gasteiger partial charge on any atom is 0.147 e. The Labute approximate surface area is 89.9 Å². The van der Waals surface area contributed by atoms with Crippen molar-refractivity contribution in [2.45, 2.75) is 13.0 Å². The van der Waals surface area contributed by atoms with Gasteiger partial charge in [-0.1, -0.05) is 0 Å². The maximum atomic E-state index is 5.51. The van der Waals surface area contributed by atoms with Crippen LogP contribution < -0.4 is 10.6 Å². The molecule has 82 valence electrons. The minimum atomic E-state index is 0.473. The van der Waals surface area contributed by atoms with Gasteiger partial charge in [0.25, 0.3) is 0 Å². The van der Waals surface area contributed by atoms with Crippen LogP contribution in [0, 0.1) is 0 Å². The fraction of sp³-hybridized carbons (Fsp3) is 0.600. The van der Waals surface area contributed by atoms with E-state index in [9.17, 15) is 0 Å². The number of hydrogen-bond acceptors (Lipinski definition) is 5. The largest absolute Gasteiger partial charge is 0.382 e. The summed E-state index contributed by atoms with van der Waals surface area (Å²) in [7, 11) is 2.15. The Kier molecular flexibility index (Phi) is 2.73. The van der Waals surface area contributed by atoms with Crippen molar-refractivity contribution < 1.29 is 0 Å². The number of piperazine rings is 1. The molecule has 1 unspecified atom stereocenters. The fourth-order valence-electron chi connectivity index (χ4n) is 1.75. The number of rotatable bonds is 1. The zero-order valence-electron chi connectivity index (χ0n) is 9.22. The summed E-state index contributed by atoms with van der Waals surface area (Å²) >= 11 is 0. The molecule has 1 atom stereocenters. The van der Waals surface area contributed by atoms with E-state index in [1.807, 2.05) is 0 Å². The molecule has 0 spiro atoms. The molecule has 0 bridgehead atoms. The van der Waals surface area contributed by atoms with Gasteiger partial charge in [0.1, 0.15) is 11.6 Å². The predicted octanol–water partition coefficient (Wildman–Crippen LogP) is 0.199. The summed E-state index contributed by atoms with van der Waals surface area (Å²) in [5.74, 6) is 1.39. The standard InChI is InChI=1S/C10H17N5/c1-8-7-15(4-3-14(8)2)10-6-12-9(11)5-13-10/h5-6,8H,3-4,7H2,1-2H3,(H2,11,12). The van der Waals surface area contributed by atoms with Crippen LogP contribution in [-0.2, 0) is 0 Å². The van der Waals surface area contributed by atoms with Crippen LogP contribution in [0.15, 0.2) is 12.4 Å². The Morgan fingerprint density at radius 1 is 1.33 bits per heavy atom. The normalized spacial score (nSPS) is 23.1. The number of nitrogens with zero attached hydrogens (tertiary/aromatic N) is 4. The first-order valence-corrected chi connectivity index (χ1v) is 5.19. The Morgan fingerprint density at radius 2 is 2.13 bits per heavy atom. The highest BCUT2D eigenvalue weighted by molar-refractivity contribution is 5.40. The van der Waals surface area contributed by atoms with Crippen molar-refractivity contribution in [1.82, 2.24) is 14.9 Å². The molecular weight excluding hydrogens is 190 g/mol. The third-order valence-corrected chi connectivity index (χ3v) is 2.94. The Morgan fingerprint density at radius 3 is 2.73 bits per heavy atom. The highest BCUT2D eigenvalue weighted by Crippen LogP contribution is 2.15. The lowest BCUT2D eigenvalue weighted by Crippen LogP contribution is -2.50. The second kappa shape index (κ2) is 4.02. The highest BCUT2D eigenvalue weighted by atomic mass is 15.3. The van der Waals surface area contributed by atoms with Crippen molar-refractivity contribution >= 4 is 11.6 Å². The first-order valence-electron chi connectivity index (χ1n) is 5.19. The second-order valence-corrected chi connectivity index (χ2v) is 4.08. The summed E-state index contributed by atoms with van der Waals surface area (Å²) in [5, 5.41) is 0. The summed E-state index contributed by atoms with van der Waals surface area (Å²) in [6.07, 6.45) is 3.35. The summed E-state index contributed by atoms with van der Waals surface area (Å²) in [5.41, 5.74) is 5.51. The molecule has 1 aromatic rings. The lowest BCUT2D eigenvalue weighted by molar-refractivity contribution is 0.233. The quantitative estimate of drug-likeness (QED) is 0.713. The molecule has 1 aromatic heterocycles. The zero-order chi connectivity index (χ0) is 10.8. The third-order valence-electron chi connectivity index (χ3n) is 2.94. The molecule has 5 nitrogen and oxygen atoms in total. The Hall–Kier alpha value is -1.36. The van der Waals surface area contributed by atoms with E-state index in [1.54, 1.807) is 12.4 Å². The fourth-order valence-corrected chi connectivity index (χ4v) is 1.75. The monoisotopic (exact) mass is 207 g/mol. The lowest BCUT2D eigenvalue weighted by atomic mass is 10.2. The third kappa shape index (κ3) is 2.18. The number of aromatic nitrogens is 2. The first kappa shape index (κ1) is 10.2. The van der Waals surface area contributed by atoms with Gasteiger partial charge < -0.3 is 15.5 Å². The van der Waals surface area contributed by atoms with Crippen LogP contribution in [0.1, 0.15) is 6.92 Å². The van der Waals surface area contributed by atoms with Crippen LogP contribution >= 0.6 is 0 Å². The molecule has 1 aliphatic rings. The SMILES string of the molecule is CC1CN(c2cnc(N)cn2)CCN1C. The minimum absolute atomic E-state index is 0.473. The van der Waals surface area contributed by atoms with Crippen LogP contribution in [0.5, 0.6) is 0 Å². The van der Waals surface area contributed by atoms with Gasteiger partial charge in [-0.2, -0.15) is 0 Å². The van der Waals surface area contributed by atoms with Gasteiger partial charge in [0.05, 0.1) is 12.4 Å². The molecule has 15 heavy (non-hydrogen) atoms. The Balaban J connectivity index is 2.08. The predicted molar refractivity (Wildman–Crippen MR) is 60.7 cm³/mol. The zero-order valence-corrected chi connectivity index (χ0v) is 9.22. The van der Waals surface area contributed by atoms with E-state index < -0.39 is 0 Å². The van der Waals surface area contributed by atoms with Gasteiger partial charge in [-0.05, 0) is 14.0 Å². The van der Waals surface area contributed by atoms with Crippen LogP contribution in [0.2, 0.25) is 0 Å². The van der Waals surface area contributed by atoms with E-state index in [0.29, 0.717) is 11.9 Å². The van der Waals surface area contributed by atoms with Gasteiger partial charge in [-0.3, -0.25) is 0 Å². The summed E-state index contributed by atoms with van der Waals surface area (Å²) in [6, 6.07) is 0.554. The van der Waals surface area contributed by atoms with Crippen LogP contribution in [0.25, 0.3) is 0 Å². The van der Waals surface area contributed by atoms with Crippen molar-refractivity contribution in [2.24, 2.45) is 0 Å². The van der Waals surface area contributed by atoms with Gasteiger partial charge in [0, 0.05) is 25.7 Å². The molecule has 5 heteroatoms. The molecular formula is C10H17N5. The smallest absolute Gasteiger partial charge is 0.147 e. The molecule has 0 aliphatic carbocycles. The van der Waals surface area contributed by atoms with E-state index in [2.05, 4.69) is 33.7 Å². The number of anilines is 2. The molecule has 0 radical (unpaired) electrons. The molecule has 1 aliphatic heterocycles. The van der Waals surface area contributed by atoms with Crippen molar-refractivity contribution in [2.75, 3.05) is 37.3 Å². The van der Waals surface area contributed by atoms with Crippen molar-refractivity contribution in [3.8, 4) is 0 Å². The van der Waals surface area contributed by atoms with Crippen LogP contribution in [0.4, 0.5) is 11.6 Å². The van der Waals surface area contributed by atoms with Gasteiger partial charge in [0.15, 0.2) is 0 Å². The van der Waals surface area contributed by atoms with E-state index >= 15 is 0 Å². The van der Waals surface area contributed by atoms with E-state index in [-0.39, 0.29) is 0 Å². The minimum Gasteiger partial charge on any atom is -0.382 e. The van der Waals surface area contributed by atoms with E-state index in [0.717, 1.165) is 25.5 Å². The van der Waals surface area contributed by atoms with Crippen molar-refractivity contribution in [3.63, 3.8) is 0 Å². The second-order valence-electron chi connectivity index (χ2n) is 4.08. The van der Waals surface area contributed by atoms with E-state index in [1.165, 1.54) is 0 Å². The summed E-state index contributed by atoms with van der Waals surface area (Å²) < 4.78 is 0. The maximum absolute atomic E-state index is 5.51. The summed E-state index contributed by atoms with van der Waals surface area (Å²) in [6.45, 7) is 5.28. The lowest BCUT2D eigenvalue weighted by Gasteiger charge is -2.38. The molecule has 2 rings (SSSR count). The molecule has 2 heterocycles. The average Bonchev–Trinajstić information content (AvgIpc) is 2.23. The Bertz CT molecular complexity index is 323. The van der Waals surface area contributed by atoms with Crippen LogP contribution in [0.3, 0.4) is 0 Å². The number of likely N-dealkylation sites (N-methyl/N-ethyl adjacent to an activating group) is 1. The van der Waals surface area contributed by atoms with Gasteiger partial charge in [0.2, 0.25) is 0 Å². The van der Waals surface area contributed by atoms with E-state index in [4.69, 9.17) is 5.73 Å². The van der Waals surface area contributed by atoms with Crippen molar-refractivity contribution in [1.29, 1.82) is 0 Å². The molecule has 1 saturated heterocycles. The number of hydrogen-bond donors (Lipinski definition) is 1. The molecule has 0 aromatic carbocycles. The number of nitrogens with two attached hydrogens (primary N) is 1. The van der Waals surface area contributed by atoms with Gasteiger partial charge in [-0.25, -0.2) is 9.97 Å². The summed E-state index contributed by atoms with van der Waals surface area (Å²) in [4.78, 5) is 12.9. The van der Waals surface area contributed by atoms with Gasteiger partial charge >= 0.3 is 0 Å².